The molecule has 1 unspecified atom stereocenters. The van der Waals surface area contributed by atoms with Gasteiger partial charge in [0.2, 0.25) is 0 Å². The first-order chi connectivity index (χ1) is 8.74. The van der Waals surface area contributed by atoms with E-state index in [9.17, 15) is 0 Å². The van der Waals surface area contributed by atoms with Crippen molar-refractivity contribution in [2.24, 2.45) is 11.7 Å². The van der Waals surface area contributed by atoms with E-state index in [0.29, 0.717) is 0 Å². The number of nitrogens with two attached hydrogens (primary N) is 1. The fourth-order valence-electron chi connectivity index (χ4n) is 3.26. The van der Waals surface area contributed by atoms with Crippen molar-refractivity contribution in [2.75, 3.05) is 0 Å². The van der Waals surface area contributed by atoms with Crippen LogP contribution in [0.15, 0.2) is 18.2 Å². The number of benzene rings is 1. The van der Waals surface area contributed by atoms with Crippen LogP contribution in [0.3, 0.4) is 0 Å². The average Bonchev–Trinajstić information content (AvgIpc) is 2.90. The van der Waals surface area contributed by atoms with E-state index in [4.69, 9.17) is 5.73 Å². The lowest BCUT2D eigenvalue weighted by Crippen LogP contribution is -2.16. The Balaban J connectivity index is 2.13. The molecule has 1 aliphatic rings. The summed E-state index contributed by atoms with van der Waals surface area (Å²) < 4.78 is 0. The number of hydrogen-bond acceptors (Lipinski definition) is 1. The van der Waals surface area contributed by atoms with Gasteiger partial charge in [-0.25, -0.2) is 0 Å². The van der Waals surface area contributed by atoms with Gasteiger partial charge in [-0.15, -0.1) is 0 Å². The van der Waals surface area contributed by atoms with Gasteiger partial charge in [-0.1, -0.05) is 57.7 Å². The van der Waals surface area contributed by atoms with Gasteiger partial charge in [0.05, 0.1) is 0 Å². The monoisotopic (exact) mass is 245 g/mol. The summed E-state index contributed by atoms with van der Waals surface area (Å²) in [5, 5.41) is 0. The smallest absolute Gasteiger partial charge is 0.0300 e. The van der Waals surface area contributed by atoms with Gasteiger partial charge in [0.15, 0.2) is 0 Å². The summed E-state index contributed by atoms with van der Waals surface area (Å²) in [5.74, 6) is 0.870. The second-order valence-electron chi connectivity index (χ2n) is 5.73. The molecular weight excluding hydrogens is 218 g/mol. The molecule has 1 fully saturated rings. The highest BCUT2D eigenvalue weighted by atomic mass is 14.6. The third-order valence-corrected chi connectivity index (χ3v) is 4.46. The van der Waals surface area contributed by atoms with Gasteiger partial charge in [0.1, 0.15) is 0 Å². The molecule has 1 saturated carbocycles. The van der Waals surface area contributed by atoms with Gasteiger partial charge in [-0.05, 0) is 41.9 Å². The second kappa shape index (κ2) is 6.38. The van der Waals surface area contributed by atoms with E-state index in [2.05, 4.69) is 32.0 Å². The van der Waals surface area contributed by atoms with Gasteiger partial charge in [-0.2, -0.15) is 0 Å². The van der Waals surface area contributed by atoms with E-state index in [1.54, 1.807) is 0 Å². The Morgan fingerprint density at radius 3 is 2.50 bits per heavy atom. The number of aryl methyl sites for hydroxylation is 2. The maximum Gasteiger partial charge on any atom is 0.0300 e. The predicted octanol–water partition coefficient (Wildman–Crippen LogP) is 4.39. The maximum absolute atomic E-state index is 6.47. The molecule has 1 aromatic carbocycles. The molecule has 2 N–H and O–H groups in total. The fourth-order valence-corrected chi connectivity index (χ4v) is 3.26. The summed E-state index contributed by atoms with van der Waals surface area (Å²) in [6, 6.07) is 7.13. The molecule has 18 heavy (non-hydrogen) atoms. The fraction of sp³-hybridized carbons (Fsp3) is 0.647. The Bertz CT molecular complexity index is 377. The van der Waals surface area contributed by atoms with E-state index >= 15 is 0 Å². The normalized spacial score (nSPS) is 18.2. The predicted molar refractivity (Wildman–Crippen MR) is 78.7 cm³/mol. The molecule has 0 bridgehead atoms. The molecule has 0 heterocycles. The van der Waals surface area contributed by atoms with Crippen LogP contribution in [-0.2, 0) is 12.8 Å². The third kappa shape index (κ3) is 3.14. The minimum absolute atomic E-state index is 0.245. The Morgan fingerprint density at radius 1 is 1.17 bits per heavy atom. The molecule has 0 amide bonds. The lowest BCUT2D eigenvalue weighted by Gasteiger charge is -2.20. The summed E-state index contributed by atoms with van der Waals surface area (Å²) in [4.78, 5) is 0. The van der Waals surface area contributed by atoms with Crippen molar-refractivity contribution in [1.29, 1.82) is 0 Å². The molecule has 0 aromatic heterocycles. The average molecular weight is 245 g/mol. The van der Waals surface area contributed by atoms with E-state index in [-0.39, 0.29) is 6.04 Å². The van der Waals surface area contributed by atoms with E-state index < -0.39 is 0 Å². The van der Waals surface area contributed by atoms with E-state index in [0.717, 1.165) is 18.8 Å². The van der Waals surface area contributed by atoms with Gasteiger partial charge in [0.25, 0.3) is 0 Å². The first kappa shape index (κ1) is 13.6. The highest BCUT2D eigenvalue weighted by Gasteiger charge is 2.20. The van der Waals surface area contributed by atoms with Crippen LogP contribution in [-0.4, -0.2) is 0 Å². The van der Waals surface area contributed by atoms with Crippen LogP contribution in [0.2, 0.25) is 0 Å². The molecule has 100 valence electrons. The molecule has 0 saturated heterocycles. The zero-order valence-corrected chi connectivity index (χ0v) is 11.9. The summed E-state index contributed by atoms with van der Waals surface area (Å²) in [7, 11) is 0. The van der Waals surface area contributed by atoms with Crippen molar-refractivity contribution in [3.05, 3.63) is 34.9 Å². The van der Waals surface area contributed by atoms with Crippen LogP contribution in [0.25, 0.3) is 0 Å². The van der Waals surface area contributed by atoms with Gasteiger partial charge >= 0.3 is 0 Å². The first-order valence-corrected chi connectivity index (χ1v) is 7.61. The lowest BCUT2D eigenvalue weighted by molar-refractivity contribution is 0.449. The minimum atomic E-state index is 0.245. The first-order valence-electron chi connectivity index (χ1n) is 7.61. The standard InChI is InChI=1S/C17H27N/c1-3-13-9-10-15(4-2)16(11-13)17(18)12-14-7-5-6-8-14/h9-11,14,17H,3-8,12,18H2,1-2H3. The van der Waals surface area contributed by atoms with E-state index in [1.807, 2.05) is 0 Å². The number of rotatable bonds is 5. The molecule has 1 aliphatic carbocycles. The minimum Gasteiger partial charge on any atom is -0.324 e. The highest BCUT2D eigenvalue weighted by molar-refractivity contribution is 5.34. The summed E-state index contributed by atoms with van der Waals surface area (Å²) in [5.41, 5.74) is 10.7. The van der Waals surface area contributed by atoms with Crippen LogP contribution in [0.5, 0.6) is 0 Å². The van der Waals surface area contributed by atoms with E-state index in [1.165, 1.54) is 48.8 Å². The Kier molecular flexibility index (Phi) is 4.82. The Hall–Kier alpha value is -0.820. The molecule has 1 nitrogen and oxygen atoms in total. The van der Waals surface area contributed by atoms with Crippen LogP contribution < -0.4 is 5.73 Å². The second-order valence-corrected chi connectivity index (χ2v) is 5.73. The van der Waals surface area contributed by atoms with Crippen LogP contribution in [0.1, 0.15) is 68.7 Å². The Morgan fingerprint density at radius 2 is 1.89 bits per heavy atom. The zero-order chi connectivity index (χ0) is 13.0. The van der Waals surface area contributed by atoms with Crippen molar-refractivity contribution in [3.8, 4) is 0 Å². The summed E-state index contributed by atoms with van der Waals surface area (Å²) in [6.45, 7) is 4.44. The van der Waals surface area contributed by atoms with Crippen molar-refractivity contribution >= 4 is 0 Å². The molecule has 1 heteroatoms. The molecular formula is C17H27N. The molecule has 2 rings (SSSR count). The molecule has 0 radical (unpaired) electrons. The molecule has 0 spiro atoms. The van der Waals surface area contributed by atoms with Gasteiger partial charge < -0.3 is 5.73 Å². The SMILES string of the molecule is CCc1ccc(CC)c(C(N)CC2CCCC2)c1. The molecule has 1 aromatic rings. The zero-order valence-electron chi connectivity index (χ0n) is 11.9. The summed E-state index contributed by atoms with van der Waals surface area (Å²) in [6.07, 6.45) is 8.98. The van der Waals surface area contributed by atoms with Crippen LogP contribution in [0, 0.1) is 5.92 Å². The Labute approximate surface area is 112 Å². The quantitative estimate of drug-likeness (QED) is 0.818. The highest BCUT2D eigenvalue weighted by Crippen LogP contribution is 2.33. The molecule has 1 atom stereocenters. The lowest BCUT2D eigenvalue weighted by atomic mass is 9.89. The van der Waals surface area contributed by atoms with Crippen LogP contribution >= 0.6 is 0 Å². The van der Waals surface area contributed by atoms with Crippen molar-refractivity contribution in [3.63, 3.8) is 0 Å². The largest absolute Gasteiger partial charge is 0.324 e. The van der Waals surface area contributed by atoms with Crippen molar-refractivity contribution in [2.45, 2.75) is 64.8 Å². The van der Waals surface area contributed by atoms with Crippen molar-refractivity contribution in [1.82, 2.24) is 0 Å². The number of hydrogen-bond donors (Lipinski definition) is 1. The van der Waals surface area contributed by atoms with Gasteiger partial charge in [-0.3, -0.25) is 0 Å². The van der Waals surface area contributed by atoms with Crippen molar-refractivity contribution < 1.29 is 0 Å². The maximum atomic E-state index is 6.47. The van der Waals surface area contributed by atoms with Gasteiger partial charge in [0, 0.05) is 6.04 Å². The van der Waals surface area contributed by atoms with Crippen LogP contribution in [0.4, 0.5) is 0 Å². The molecule has 0 aliphatic heterocycles. The third-order valence-electron chi connectivity index (χ3n) is 4.46. The topological polar surface area (TPSA) is 26.0 Å². The summed E-state index contributed by atoms with van der Waals surface area (Å²) >= 11 is 0.